The standard InChI is InChI=1S/C39H42N2O3/c1-6-7-15-36(31-12-10-11-30(22-31)25(2)3)40-38(42)32-20-21-37-35(23-32)26(4)27(5)41(37)24-28-16-18-29(19-17-28)33-13-8-9-14-34(33)39(43)44/h8-14,16-23,25,36H,6-7,15,24H2,1-5H3,(H,40,42)(H,43,44). The molecule has 1 amide bonds. The zero-order valence-corrected chi connectivity index (χ0v) is 26.4. The highest BCUT2D eigenvalue weighted by Gasteiger charge is 2.19. The Balaban J connectivity index is 1.39. The third kappa shape index (κ3) is 6.47. The average Bonchev–Trinajstić information content (AvgIpc) is 3.27. The molecular weight excluding hydrogens is 544 g/mol. The van der Waals surface area contributed by atoms with Gasteiger partial charge in [0.2, 0.25) is 0 Å². The van der Waals surface area contributed by atoms with Crippen molar-refractivity contribution < 1.29 is 14.7 Å². The molecule has 0 aliphatic carbocycles. The van der Waals surface area contributed by atoms with E-state index in [1.807, 2.05) is 36.4 Å². The number of hydrogen-bond acceptors (Lipinski definition) is 2. The molecule has 0 spiro atoms. The topological polar surface area (TPSA) is 71.3 Å². The van der Waals surface area contributed by atoms with Gasteiger partial charge in [-0.15, -0.1) is 0 Å². The number of benzene rings is 4. The predicted octanol–water partition coefficient (Wildman–Crippen LogP) is 9.46. The van der Waals surface area contributed by atoms with Crippen molar-refractivity contribution in [3.8, 4) is 11.1 Å². The summed E-state index contributed by atoms with van der Waals surface area (Å²) in [4.78, 5) is 25.3. The van der Waals surface area contributed by atoms with Gasteiger partial charge < -0.3 is 15.0 Å². The van der Waals surface area contributed by atoms with Gasteiger partial charge >= 0.3 is 5.97 Å². The molecule has 1 atom stereocenters. The van der Waals surface area contributed by atoms with E-state index in [9.17, 15) is 14.7 Å². The Hall–Kier alpha value is -4.64. The van der Waals surface area contributed by atoms with Crippen LogP contribution in [-0.2, 0) is 6.54 Å². The van der Waals surface area contributed by atoms with Gasteiger partial charge in [-0.2, -0.15) is 0 Å². The third-order valence-corrected chi connectivity index (χ3v) is 8.80. The molecule has 1 heterocycles. The van der Waals surface area contributed by atoms with Crippen molar-refractivity contribution in [3.63, 3.8) is 0 Å². The summed E-state index contributed by atoms with van der Waals surface area (Å²) < 4.78 is 2.29. The minimum atomic E-state index is -0.931. The van der Waals surface area contributed by atoms with E-state index in [1.54, 1.807) is 12.1 Å². The van der Waals surface area contributed by atoms with Crippen LogP contribution in [0, 0.1) is 13.8 Å². The molecule has 0 radical (unpaired) electrons. The largest absolute Gasteiger partial charge is 0.478 e. The number of nitrogens with one attached hydrogen (secondary N) is 1. The molecule has 1 aromatic heterocycles. The number of aryl methyl sites for hydroxylation is 1. The fourth-order valence-corrected chi connectivity index (χ4v) is 6.00. The van der Waals surface area contributed by atoms with E-state index in [1.165, 1.54) is 5.56 Å². The average molecular weight is 587 g/mol. The van der Waals surface area contributed by atoms with Gasteiger partial charge in [0.25, 0.3) is 5.91 Å². The monoisotopic (exact) mass is 586 g/mol. The Morgan fingerprint density at radius 1 is 0.864 bits per heavy atom. The molecule has 226 valence electrons. The normalized spacial score (nSPS) is 12.0. The molecular formula is C39H42N2O3. The minimum absolute atomic E-state index is 0.0327. The molecule has 5 heteroatoms. The van der Waals surface area contributed by atoms with E-state index in [0.717, 1.165) is 58.1 Å². The minimum Gasteiger partial charge on any atom is -0.478 e. The van der Waals surface area contributed by atoms with Gasteiger partial charge in [-0.1, -0.05) is 100 Å². The first-order valence-electron chi connectivity index (χ1n) is 15.6. The first-order chi connectivity index (χ1) is 21.2. The molecule has 0 fully saturated rings. The summed E-state index contributed by atoms with van der Waals surface area (Å²) in [5, 5.41) is 14.0. The number of unbranched alkanes of at least 4 members (excludes halogenated alkanes) is 1. The first kappa shape index (κ1) is 30.8. The van der Waals surface area contributed by atoms with Gasteiger partial charge in [0, 0.05) is 28.7 Å². The highest BCUT2D eigenvalue weighted by Crippen LogP contribution is 2.30. The number of carbonyl (C=O) groups is 2. The van der Waals surface area contributed by atoms with E-state index in [4.69, 9.17) is 0 Å². The van der Waals surface area contributed by atoms with E-state index in [-0.39, 0.29) is 11.9 Å². The number of carboxylic acid groups (broad SMARTS) is 1. The number of aromatic carboxylic acids is 1. The van der Waals surface area contributed by atoms with Crippen molar-refractivity contribution in [2.45, 2.75) is 72.4 Å². The highest BCUT2D eigenvalue weighted by atomic mass is 16.4. The quantitative estimate of drug-likeness (QED) is 0.162. The maximum absolute atomic E-state index is 13.6. The van der Waals surface area contributed by atoms with Crippen LogP contribution >= 0.6 is 0 Å². The number of aromatic nitrogens is 1. The van der Waals surface area contributed by atoms with Crippen molar-refractivity contribution in [3.05, 3.63) is 130 Å². The smallest absolute Gasteiger partial charge is 0.336 e. The third-order valence-electron chi connectivity index (χ3n) is 8.80. The fraction of sp³-hybridized carbons (Fsp3) is 0.282. The van der Waals surface area contributed by atoms with Gasteiger partial charge in [-0.05, 0) is 83.8 Å². The summed E-state index contributed by atoms with van der Waals surface area (Å²) in [6.45, 7) is 11.5. The van der Waals surface area contributed by atoms with Crippen LogP contribution in [0.4, 0.5) is 0 Å². The summed E-state index contributed by atoms with van der Waals surface area (Å²) in [5.74, 6) is -0.550. The lowest BCUT2D eigenvalue weighted by molar-refractivity contribution is 0.0697. The zero-order chi connectivity index (χ0) is 31.4. The summed E-state index contributed by atoms with van der Waals surface area (Å²) >= 11 is 0. The molecule has 0 bridgehead atoms. The molecule has 0 aliphatic rings. The lowest BCUT2D eigenvalue weighted by Gasteiger charge is -2.21. The number of amides is 1. The molecule has 0 saturated heterocycles. The van der Waals surface area contributed by atoms with Crippen LogP contribution in [0.25, 0.3) is 22.0 Å². The van der Waals surface area contributed by atoms with Gasteiger partial charge in [-0.25, -0.2) is 4.79 Å². The molecule has 0 aliphatic heterocycles. The van der Waals surface area contributed by atoms with Crippen LogP contribution in [0.2, 0.25) is 0 Å². The van der Waals surface area contributed by atoms with E-state index < -0.39 is 5.97 Å². The second kappa shape index (κ2) is 13.3. The molecule has 4 aromatic carbocycles. The van der Waals surface area contributed by atoms with Gasteiger partial charge in [0.1, 0.15) is 0 Å². The number of carbonyl (C=O) groups excluding carboxylic acids is 1. The summed E-state index contributed by atoms with van der Waals surface area (Å²) in [5.41, 5.74) is 9.51. The lowest BCUT2D eigenvalue weighted by Crippen LogP contribution is -2.28. The van der Waals surface area contributed by atoms with Crippen molar-refractivity contribution in [1.82, 2.24) is 9.88 Å². The van der Waals surface area contributed by atoms with Crippen LogP contribution in [-0.4, -0.2) is 21.6 Å². The highest BCUT2D eigenvalue weighted by molar-refractivity contribution is 5.99. The van der Waals surface area contributed by atoms with E-state index >= 15 is 0 Å². The van der Waals surface area contributed by atoms with Crippen LogP contribution < -0.4 is 5.32 Å². The fourth-order valence-electron chi connectivity index (χ4n) is 6.00. The summed E-state index contributed by atoms with van der Waals surface area (Å²) in [7, 11) is 0. The summed E-state index contributed by atoms with van der Waals surface area (Å²) in [6.07, 6.45) is 3.03. The predicted molar refractivity (Wildman–Crippen MR) is 180 cm³/mol. The van der Waals surface area contributed by atoms with Crippen LogP contribution in [0.5, 0.6) is 0 Å². The molecule has 0 saturated carbocycles. The van der Waals surface area contributed by atoms with E-state index in [0.29, 0.717) is 29.2 Å². The molecule has 1 unspecified atom stereocenters. The summed E-state index contributed by atoms with van der Waals surface area (Å²) in [6, 6.07) is 29.8. The number of nitrogens with zero attached hydrogens (tertiary/aromatic N) is 1. The van der Waals surface area contributed by atoms with Gasteiger partial charge in [0.15, 0.2) is 0 Å². The molecule has 44 heavy (non-hydrogen) atoms. The SMILES string of the molecule is CCCCC(NC(=O)c1ccc2c(c1)c(C)c(C)n2Cc1ccc(-c2ccccc2C(=O)O)cc1)c1cccc(C(C)C)c1. The number of hydrogen-bond donors (Lipinski definition) is 2. The maximum Gasteiger partial charge on any atom is 0.336 e. The van der Waals surface area contributed by atoms with Crippen LogP contribution in [0.3, 0.4) is 0 Å². The molecule has 2 N–H and O–H groups in total. The van der Waals surface area contributed by atoms with E-state index in [2.05, 4.69) is 87.0 Å². The molecule has 5 aromatic rings. The van der Waals surface area contributed by atoms with Gasteiger partial charge in [0.05, 0.1) is 11.6 Å². The Bertz CT molecular complexity index is 1800. The number of fused-ring (bicyclic) bond motifs is 1. The van der Waals surface area contributed by atoms with Crippen molar-refractivity contribution in [1.29, 1.82) is 0 Å². The maximum atomic E-state index is 13.6. The van der Waals surface area contributed by atoms with Crippen molar-refractivity contribution >= 4 is 22.8 Å². The van der Waals surface area contributed by atoms with Gasteiger partial charge in [-0.3, -0.25) is 4.79 Å². The Labute approximate surface area is 260 Å². The number of carboxylic acids is 1. The second-order valence-corrected chi connectivity index (χ2v) is 12.1. The Kier molecular flexibility index (Phi) is 9.34. The van der Waals surface area contributed by atoms with Crippen molar-refractivity contribution in [2.75, 3.05) is 0 Å². The Morgan fingerprint density at radius 3 is 2.30 bits per heavy atom. The van der Waals surface area contributed by atoms with Crippen LogP contribution in [0.15, 0.2) is 91.0 Å². The lowest BCUT2D eigenvalue weighted by atomic mass is 9.95. The molecule has 5 rings (SSSR count). The Morgan fingerprint density at radius 2 is 1.59 bits per heavy atom. The van der Waals surface area contributed by atoms with Crippen LogP contribution in [0.1, 0.15) is 101 Å². The first-order valence-corrected chi connectivity index (χ1v) is 15.6. The zero-order valence-electron chi connectivity index (χ0n) is 26.4. The van der Waals surface area contributed by atoms with Crippen molar-refractivity contribution in [2.24, 2.45) is 0 Å². The second-order valence-electron chi connectivity index (χ2n) is 12.1. The molecule has 5 nitrogen and oxygen atoms in total. The number of rotatable bonds is 11.